The third kappa shape index (κ3) is 4.07. The van der Waals surface area contributed by atoms with Crippen molar-refractivity contribution in [2.75, 3.05) is 6.54 Å². The fraction of sp³-hybridized carbons (Fsp3) is 0.462. The molecule has 0 saturated carbocycles. The second kappa shape index (κ2) is 6.29. The van der Waals surface area contributed by atoms with Crippen LogP contribution in [-0.4, -0.2) is 18.0 Å². The van der Waals surface area contributed by atoms with Crippen molar-refractivity contribution in [3.05, 3.63) is 34.1 Å². The number of benzene rings is 1. The molecule has 0 aliphatic rings. The highest BCUT2D eigenvalue weighted by molar-refractivity contribution is 9.10. The van der Waals surface area contributed by atoms with E-state index in [0.29, 0.717) is 12.1 Å². The Balaban J connectivity index is 2.65. The highest BCUT2D eigenvalue weighted by atomic mass is 79.9. The van der Waals surface area contributed by atoms with Gasteiger partial charge in [-0.1, -0.05) is 22.9 Å². The maximum atomic E-state index is 13.5. The van der Waals surface area contributed by atoms with E-state index in [9.17, 15) is 9.18 Å². The molecule has 1 rings (SSSR count). The van der Waals surface area contributed by atoms with Crippen LogP contribution in [0.15, 0.2) is 22.7 Å². The second-order valence-corrected chi connectivity index (χ2v) is 5.49. The van der Waals surface area contributed by atoms with Crippen LogP contribution >= 0.6 is 15.9 Å². The monoisotopic (exact) mass is 316 g/mol. The zero-order valence-electron chi connectivity index (χ0n) is 10.8. The number of carbonyl (C=O) groups excluding carboxylic acids is 1. The van der Waals surface area contributed by atoms with Gasteiger partial charge in [-0.3, -0.25) is 4.79 Å². The van der Waals surface area contributed by atoms with Crippen molar-refractivity contribution in [2.45, 2.75) is 32.9 Å². The highest BCUT2D eigenvalue weighted by Crippen LogP contribution is 2.15. The summed E-state index contributed by atoms with van der Waals surface area (Å²) in [4.78, 5) is 11.9. The molecule has 0 aromatic heterocycles. The normalized spacial score (nSPS) is 11.4. The van der Waals surface area contributed by atoms with Crippen LogP contribution in [0, 0.1) is 5.82 Å². The fourth-order valence-corrected chi connectivity index (χ4v) is 2.01. The first-order chi connectivity index (χ1) is 8.36. The summed E-state index contributed by atoms with van der Waals surface area (Å²) in [6.07, 6.45) is 0. The molecule has 1 amide bonds. The molecule has 5 heteroatoms. The molecular formula is C13H18BrFN2O. The van der Waals surface area contributed by atoms with Crippen molar-refractivity contribution >= 4 is 21.8 Å². The summed E-state index contributed by atoms with van der Waals surface area (Å²) in [6, 6.07) is 4.67. The van der Waals surface area contributed by atoms with Gasteiger partial charge in [0.1, 0.15) is 5.82 Å². The Morgan fingerprint density at radius 2 is 2.11 bits per heavy atom. The SMILES string of the molecule is CCNC(C)(C)C(=O)NCc1cc(Br)ccc1F. The molecule has 0 atom stereocenters. The number of likely N-dealkylation sites (N-methyl/N-ethyl adjacent to an activating group) is 1. The summed E-state index contributed by atoms with van der Waals surface area (Å²) in [5.41, 5.74) is -0.193. The lowest BCUT2D eigenvalue weighted by Crippen LogP contribution is -2.52. The minimum absolute atomic E-state index is 0.149. The number of amides is 1. The molecule has 1 aromatic carbocycles. The van der Waals surface area contributed by atoms with Gasteiger partial charge in [-0.05, 0) is 38.6 Å². The van der Waals surface area contributed by atoms with Crippen LogP contribution in [0.4, 0.5) is 4.39 Å². The lowest BCUT2D eigenvalue weighted by molar-refractivity contribution is -0.126. The minimum atomic E-state index is -0.656. The van der Waals surface area contributed by atoms with Gasteiger partial charge in [-0.15, -0.1) is 0 Å². The van der Waals surface area contributed by atoms with Crippen LogP contribution in [0.3, 0.4) is 0 Å². The van der Waals surface area contributed by atoms with E-state index in [-0.39, 0.29) is 18.3 Å². The molecule has 18 heavy (non-hydrogen) atoms. The van der Waals surface area contributed by atoms with Crippen LogP contribution in [0.5, 0.6) is 0 Å². The molecule has 0 saturated heterocycles. The maximum absolute atomic E-state index is 13.5. The largest absolute Gasteiger partial charge is 0.350 e. The molecule has 3 nitrogen and oxygen atoms in total. The molecule has 1 aromatic rings. The van der Waals surface area contributed by atoms with Crippen molar-refractivity contribution in [1.29, 1.82) is 0 Å². The molecule has 0 heterocycles. The van der Waals surface area contributed by atoms with Gasteiger partial charge in [0.05, 0.1) is 5.54 Å². The maximum Gasteiger partial charge on any atom is 0.239 e. The van der Waals surface area contributed by atoms with Gasteiger partial charge in [-0.25, -0.2) is 4.39 Å². The molecule has 0 aliphatic heterocycles. The first-order valence-electron chi connectivity index (χ1n) is 5.84. The molecule has 2 N–H and O–H groups in total. The summed E-state index contributed by atoms with van der Waals surface area (Å²) in [7, 11) is 0. The number of nitrogens with one attached hydrogen (secondary N) is 2. The smallest absolute Gasteiger partial charge is 0.239 e. The van der Waals surface area contributed by atoms with Crippen LogP contribution in [0.2, 0.25) is 0 Å². The number of halogens is 2. The zero-order valence-corrected chi connectivity index (χ0v) is 12.4. The molecule has 0 radical (unpaired) electrons. The minimum Gasteiger partial charge on any atom is -0.350 e. The third-order valence-corrected chi connectivity index (χ3v) is 3.13. The molecular weight excluding hydrogens is 299 g/mol. The third-order valence-electron chi connectivity index (χ3n) is 2.63. The molecule has 100 valence electrons. The van der Waals surface area contributed by atoms with Crippen LogP contribution < -0.4 is 10.6 Å². The summed E-state index contributed by atoms with van der Waals surface area (Å²) >= 11 is 3.28. The Labute approximate surface area is 115 Å². The number of hydrogen-bond acceptors (Lipinski definition) is 2. The molecule has 0 fully saturated rings. The molecule has 0 unspecified atom stereocenters. The Bertz CT molecular complexity index is 435. The number of hydrogen-bond donors (Lipinski definition) is 2. The Morgan fingerprint density at radius 3 is 2.72 bits per heavy atom. The standard InChI is InChI=1S/C13H18BrFN2O/c1-4-17-13(2,3)12(18)16-8-9-7-10(14)5-6-11(9)15/h5-7,17H,4,8H2,1-3H3,(H,16,18). The van der Waals surface area contributed by atoms with Crippen molar-refractivity contribution in [2.24, 2.45) is 0 Å². The lowest BCUT2D eigenvalue weighted by atomic mass is 10.0. The molecule has 0 bridgehead atoms. The molecule has 0 aliphatic carbocycles. The van der Waals surface area contributed by atoms with Crippen molar-refractivity contribution < 1.29 is 9.18 Å². The Morgan fingerprint density at radius 1 is 1.44 bits per heavy atom. The van der Waals surface area contributed by atoms with E-state index in [1.54, 1.807) is 26.0 Å². The average molecular weight is 317 g/mol. The second-order valence-electron chi connectivity index (χ2n) is 4.57. The van der Waals surface area contributed by atoms with Crippen LogP contribution in [0.1, 0.15) is 26.3 Å². The fourth-order valence-electron chi connectivity index (χ4n) is 1.60. The predicted molar refractivity (Wildman–Crippen MR) is 73.7 cm³/mol. The van der Waals surface area contributed by atoms with Crippen molar-refractivity contribution in [1.82, 2.24) is 10.6 Å². The van der Waals surface area contributed by atoms with Gasteiger partial charge >= 0.3 is 0 Å². The van der Waals surface area contributed by atoms with E-state index in [1.807, 2.05) is 6.92 Å². The predicted octanol–water partition coefficient (Wildman–Crippen LogP) is 2.59. The topological polar surface area (TPSA) is 41.1 Å². The van der Waals surface area contributed by atoms with E-state index >= 15 is 0 Å². The van der Waals surface area contributed by atoms with E-state index in [2.05, 4.69) is 26.6 Å². The molecule has 0 spiro atoms. The van der Waals surface area contributed by atoms with E-state index in [4.69, 9.17) is 0 Å². The van der Waals surface area contributed by atoms with Gasteiger partial charge in [0.25, 0.3) is 0 Å². The quantitative estimate of drug-likeness (QED) is 0.876. The Kier molecular flexibility index (Phi) is 5.28. The van der Waals surface area contributed by atoms with Crippen molar-refractivity contribution in [3.8, 4) is 0 Å². The van der Waals surface area contributed by atoms with Gasteiger partial charge in [0, 0.05) is 16.6 Å². The van der Waals surface area contributed by atoms with E-state index < -0.39 is 5.54 Å². The number of carbonyl (C=O) groups is 1. The van der Waals surface area contributed by atoms with E-state index in [0.717, 1.165) is 4.47 Å². The Hall–Kier alpha value is -0.940. The summed E-state index contributed by atoms with van der Waals surface area (Å²) in [6.45, 7) is 6.40. The van der Waals surface area contributed by atoms with Crippen LogP contribution in [0.25, 0.3) is 0 Å². The zero-order chi connectivity index (χ0) is 13.8. The summed E-state index contributed by atoms with van der Waals surface area (Å²) in [5.74, 6) is -0.469. The first kappa shape index (κ1) is 15.1. The van der Waals surface area contributed by atoms with E-state index in [1.165, 1.54) is 6.07 Å². The first-order valence-corrected chi connectivity index (χ1v) is 6.63. The lowest BCUT2D eigenvalue weighted by Gasteiger charge is -2.24. The summed E-state index contributed by atoms with van der Waals surface area (Å²) in [5, 5.41) is 5.80. The van der Waals surface area contributed by atoms with Crippen LogP contribution in [-0.2, 0) is 11.3 Å². The van der Waals surface area contributed by atoms with Gasteiger partial charge in [0.2, 0.25) is 5.91 Å². The van der Waals surface area contributed by atoms with Gasteiger partial charge < -0.3 is 10.6 Å². The highest BCUT2D eigenvalue weighted by Gasteiger charge is 2.25. The average Bonchev–Trinajstić information content (AvgIpc) is 2.29. The van der Waals surface area contributed by atoms with Gasteiger partial charge in [0.15, 0.2) is 0 Å². The van der Waals surface area contributed by atoms with Gasteiger partial charge in [-0.2, -0.15) is 0 Å². The summed E-state index contributed by atoms with van der Waals surface area (Å²) < 4.78 is 14.3. The van der Waals surface area contributed by atoms with Crippen molar-refractivity contribution in [3.63, 3.8) is 0 Å². The number of rotatable bonds is 5.